The molecular formula is C27H22O. The van der Waals surface area contributed by atoms with Crippen LogP contribution in [0.2, 0.25) is 0 Å². The molecular weight excluding hydrogens is 340 g/mol. The van der Waals surface area contributed by atoms with Gasteiger partial charge in [-0.1, -0.05) is 92.7 Å². The van der Waals surface area contributed by atoms with Gasteiger partial charge in [0.2, 0.25) is 0 Å². The summed E-state index contributed by atoms with van der Waals surface area (Å²) >= 11 is 0. The molecule has 0 bridgehead atoms. The summed E-state index contributed by atoms with van der Waals surface area (Å²) in [6.45, 7) is 4.49. The van der Waals surface area contributed by atoms with E-state index in [0.717, 1.165) is 16.7 Å². The molecule has 0 N–H and O–H groups in total. The lowest BCUT2D eigenvalue weighted by Crippen LogP contribution is -1.91. The zero-order chi connectivity index (χ0) is 19.1. The molecule has 0 aliphatic carbocycles. The number of benzene rings is 4. The van der Waals surface area contributed by atoms with Gasteiger partial charge in [0.15, 0.2) is 0 Å². The maximum atomic E-state index is 6.28. The highest BCUT2D eigenvalue weighted by atomic mass is 16.3. The van der Waals surface area contributed by atoms with Gasteiger partial charge in [0.25, 0.3) is 0 Å². The second-order valence-corrected chi connectivity index (χ2v) is 7.64. The fourth-order valence-electron chi connectivity index (χ4n) is 3.91. The van der Waals surface area contributed by atoms with E-state index in [-0.39, 0.29) is 0 Å². The van der Waals surface area contributed by atoms with Crippen LogP contribution < -0.4 is 0 Å². The largest absolute Gasteiger partial charge is 0.455 e. The van der Waals surface area contributed by atoms with Gasteiger partial charge in [0, 0.05) is 16.3 Å². The van der Waals surface area contributed by atoms with Crippen molar-refractivity contribution in [1.29, 1.82) is 0 Å². The van der Waals surface area contributed by atoms with E-state index in [2.05, 4.69) is 92.7 Å². The van der Waals surface area contributed by atoms with E-state index >= 15 is 0 Å². The van der Waals surface area contributed by atoms with E-state index < -0.39 is 0 Å². The van der Waals surface area contributed by atoms with Crippen molar-refractivity contribution in [2.24, 2.45) is 0 Å². The lowest BCUT2D eigenvalue weighted by atomic mass is 9.91. The molecule has 0 spiro atoms. The Morgan fingerprint density at radius 1 is 0.607 bits per heavy atom. The molecule has 5 rings (SSSR count). The highest BCUT2D eigenvalue weighted by Crippen LogP contribution is 2.38. The van der Waals surface area contributed by atoms with Gasteiger partial charge in [-0.25, -0.2) is 0 Å². The van der Waals surface area contributed by atoms with Crippen LogP contribution in [0.25, 0.3) is 44.2 Å². The van der Waals surface area contributed by atoms with Gasteiger partial charge < -0.3 is 4.42 Å². The summed E-state index contributed by atoms with van der Waals surface area (Å²) in [4.78, 5) is 0. The summed E-state index contributed by atoms with van der Waals surface area (Å²) in [5.74, 6) is 0.456. The number of hydrogen-bond donors (Lipinski definition) is 0. The standard InChI is InChI=1S/C27H22O/c1-18(2)20-15-21(19-9-4-3-5-10-19)17-22(16-20)23-12-8-13-25-24-11-6-7-14-26(24)28-27(23)25/h3-18H,1-2H3. The summed E-state index contributed by atoms with van der Waals surface area (Å²) in [7, 11) is 0. The van der Waals surface area contributed by atoms with Crippen LogP contribution in [0.5, 0.6) is 0 Å². The molecule has 5 aromatic rings. The van der Waals surface area contributed by atoms with E-state index in [1.165, 1.54) is 33.0 Å². The normalized spacial score (nSPS) is 11.5. The smallest absolute Gasteiger partial charge is 0.143 e. The molecule has 1 aromatic heterocycles. The Hall–Kier alpha value is -3.32. The van der Waals surface area contributed by atoms with Crippen molar-refractivity contribution in [1.82, 2.24) is 0 Å². The highest BCUT2D eigenvalue weighted by molar-refractivity contribution is 6.09. The van der Waals surface area contributed by atoms with Crippen LogP contribution in [0.3, 0.4) is 0 Å². The van der Waals surface area contributed by atoms with Crippen LogP contribution in [0.1, 0.15) is 25.3 Å². The van der Waals surface area contributed by atoms with Crippen LogP contribution in [0.4, 0.5) is 0 Å². The molecule has 1 heterocycles. The second-order valence-electron chi connectivity index (χ2n) is 7.64. The van der Waals surface area contributed by atoms with Gasteiger partial charge >= 0.3 is 0 Å². The molecule has 0 radical (unpaired) electrons. The van der Waals surface area contributed by atoms with Crippen LogP contribution in [-0.4, -0.2) is 0 Å². The Kier molecular flexibility index (Phi) is 4.02. The summed E-state index contributed by atoms with van der Waals surface area (Å²) in [5, 5.41) is 2.34. The molecule has 4 aromatic carbocycles. The zero-order valence-electron chi connectivity index (χ0n) is 16.1. The molecule has 0 atom stereocenters. The van der Waals surface area contributed by atoms with Crippen molar-refractivity contribution >= 4 is 21.9 Å². The van der Waals surface area contributed by atoms with Crippen LogP contribution in [0, 0.1) is 0 Å². The summed E-state index contributed by atoms with van der Waals surface area (Å²) < 4.78 is 6.28. The molecule has 0 saturated heterocycles. The van der Waals surface area contributed by atoms with Crippen molar-refractivity contribution in [3.63, 3.8) is 0 Å². The first-order valence-electron chi connectivity index (χ1n) is 9.82. The number of furan rings is 1. The molecule has 136 valence electrons. The average Bonchev–Trinajstić information content (AvgIpc) is 3.13. The molecule has 1 heteroatoms. The third-order valence-corrected chi connectivity index (χ3v) is 5.44. The molecule has 0 fully saturated rings. The van der Waals surface area contributed by atoms with E-state index in [4.69, 9.17) is 4.42 Å². The fraction of sp³-hybridized carbons (Fsp3) is 0.111. The Balaban J connectivity index is 1.78. The number of fused-ring (bicyclic) bond motifs is 3. The molecule has 0 aliphatic rings. The minimum absolute atomic E-state index is 0.456. The summed E-state index contributed by atoms with van der Waals surface area (Å²) in [6.07, 6.45) is 0. The van der Waals surface area contributed by atoms with Crippen LogP contribution in [-0.2, 0) is 0 Å². The molecule has 0 amide bonds. The number of rotatable bonds is 3. The van der Waals surface area contributed by atoms with E-state index in [9.17, 15) is 0 Å². The quantitative estimate of drug-likeness (QED) is 0.316. The summed E-state index contributed by atoms with van der Waals surface area (Å²) in [6, 6.07) is 32.2. The SMILES string of the molecule is CC(C)c1cc(-c2ccccc2)cc(-c2cccc3c2oc2ccccc23)c1. The lowest BCUT2D eigenvalue weighted by molar-refractivity contribution is 0.670. The number of para-hydroxylation sites is 2. The third kappa shape index (κ3) is 2.80. The first-order chi connectivity index (χ1) is 13.7. The average molecular weight is 362 g/mol. The van der Waals surface area contributed by atoms with Crippen LogP contribution in [0.15, 0.2) is 95.4 Å². The second kappa shape index (κ2) is 6.69. The topological polar surface area (TPSA) is 13.1 Å². The lowest BCUT2D eigenvalue weighted by Gasteiger charge is -2.13. The fourth-order valence-corrected chi connectivity index (χ4v) is 3.91. The van der Waals surface area contributed by atoms with Crippen molar-refractivity contribution in [2.75, 3.05) is 0 Å². The number of hydrogen-bond acceptors (Lipinski definition) is 1. The Bertz CT molecular complexity index is 1280. The molecule has 0 aliphatic heterocycles. The maximum absolute atomic E-state index is 6.28. The van der Waals surface area contributed by atoms with Crippen molar-refractivity contribution in [3.05, 3.63) is 96.6 Å². The van der Waals surface area contributed by atoms with E-state index in [1.54, 1.807) is 0 Å². The Morgan fingerprint density at radius 2 is 1.32 bits per heavy atom. The first-order valence-corrected chi connectivity index (χ1v) is 9.82. The maximum Gasteiger partial charge on any atom is 0.143 e. The Morgan fingerprint density at radius 3 is 2.14 bits per heavy atom. The van der Waals surface area contributed by atoms with E-state index in [1.807, 2.05) is 12.1 Å². The third-order valence-electron chi connectivity index (χ3n) is 5.44. The van der Waals surface area contributed by atoms with Gasteiger partial charge in [0.05, 0.1) is 0 Å². The summed E-state index contributed by atoms with van der Waals surface area (Å²) in [5.41, 5.74) is 8.07. The van der Waals surface area contributed by atoms with Gasteiger partial charge in [0.1, 0.15) is 11.2 Å². The monoisotopic (exact) mass is 362 g/mol. The minimum Gasteiger partial charge on any atom is -0.455 e. The molecule has 28 heavy (non-hydrogen) atoms. The molecule has 1 nitrogen and oxygen atoms in total. The Labute approximate surface area is 165 Å². The minimum atomic E-state index is 0.456. The van der Waals surface area contributed by atoms with E-state index in [0.29, 0.717) is 5.92 Å². The van der Waals surface area contributed by atoms with Gasteiger partial charge in [-0.15, -0.1) is 0 Å². The van der Waals surface area contributed by atoms with Crippen molar-refractivity contribution in [3.8, 4) is 22.3 Å². The molecule has 0 saturated carbocycles. The predicted octanol–water partition coefficient (Wildman–Crippen LogP) is 8.04. The first kappa shape index (κ1) is 16.8. The predicted molar refractivity (Wildman–Crippen MR) is 119 cm³/mol. The molecule has 0 unspecified atom stereocenters. The highest BCUT2D eigenvalue weighted by Gasteiger charge is 2.14. The van der Waals surface area contributed by atoms with Crippen LogP contribution >= 0.6 is 0 Å². The zero-order valence-corrected chi connectivity index (χ0v) is 16.1. The van der Waals surface area contributed by atoms with Crippen molar-refractivity contribution in [2.45, 2.75) is 19.8 Å². The van der Waals surface area contributed by atoms with Gasteiger partial charge in [-0.3, -0.25) is 0 Å². The van der Waals surface area contributed by atoms with Gasteiger partial charge in [-0.2, -0.15) is 0 Å². The van der Waals surface area contributed by atoms with Crippen molar-refractivity contribution < 1.29 is 4.42 Å². The van der Waals surface area contributed by atoms with Gasteiger partial charge in [-0.05, 0) is 40.3 Å².